The van der Waals surface area contributed by atoms with Crippen LogP contribution in [0.15, 0.2) is 94.6 Å². The van der Waals surface area contributed by atoms with Gasteiger partial charge in [0.25, 0.3) is 5.56 Å². The number of methoxy groups -OCH3 is 2. The second-order valence-electron chi connectivity index (χ2n) is 13.0. The van der Waals surface area contributed by atoms with Crippen LogP contribution in [0, 0.1) is 6.92 Å². The van der Waals surface area contributed by atoms with Gasteiger partial charge in [0, 0.05) is 37.4 Å². The van der Waals surface area contributed by atoms with Gasteiger partial charge in [-0.2, -0.15) is 0 Å². The van der Waals surface area contributed by atoms with Crippen LogP contribution in [-0.4, -0.2) is 66.4 Å². The van der Waals surface area contributed by atoms with Crippen LogP contribution in [0.25, 0.3) is 0 Å². The van der Waals surface area contributed by atoms with Crippen molar-refractivity contribution < 1.29 is 32.6 Å². The van der Waals surface area contributed by atoms with E-state index >= 15 is 0 Å². The van der Waals surface area contributed by atoms with Gasteiger partial charge >= 0.3 is 13.4 Å². The molecule has 274 valence electrons. The Bertz CT molecular complexity index is 1850. The summed E-state index contributed by atoms with van der Waals surface area (Å²) < 4.78 is 54.3. The lowest BCUT2D eigenvalue weighted by molar-refractivity contribution is -0.0936. The summed E-state index contributed by atoms with van der Waals surface area (Å²) in [5.74, 6) is 1.37. The summed E-state index contributed by atoms with van der Waals surface area (Å²) in [5.41, 5.74) is 0.511. The Hall–Kier alpha value is -4.03. The summed E-state index contributed by atoms with van der Waals surface area (Å²) in [6.45, 7) is 9.24. The van der Waals surface area contributed by atoms with Gasteiger partial charge in [0.1, 0.15) is 35.5 Å². The molecule has 0 saturated carbocycles. The molecule has 4 aromatic rings. The first-order chi connectivity index (χ1) is 24.4. The number of nitrogens with zero attached hydrogens (tertiary/aromatic N) is 2. The quantitative estimate of drug-likeness (QED) is 0.109. The molecular formula is C38H48N3O9P. The number of ether oxygens (including phenoxy) is 4. The molecule has 13 heteroatoms. The zero-order valence-corrected chi connectivity index (χ0v) is 31.3. The molecule has 1 aromatic heterocycles. The van der Waals surface area contributed by atoms with Crippen LogP contribution in [0.2, 0.25) is 0 Å². The normalized spacial score (nSPS) is 19.1. The number of hydrogen-bond acceptors (Lipinski definition) is 9. The third-order valence-corrected chi connectivity index (χ3v) is 11.6. The molecule has 0 spiro atoms. The third kappa shape index (κ3) is 7.91. The highest BCUT2D eigenvalue weighted by atomic mass is 31.2. The Morgan fingerprint density at radius 3 is 1.88 bits per heavy atom. The van der Waals surface area contributed by atoms with Crippen LogP contribution in [-0.2, 0) is 28.7 Å². The number of aromatic nitrogens is 2. The standard InChI is InChI=1S/C38H48N3O9P/c1-25(2)41(26(3)4)51(44,47-8)50-33-22-35(40-23-27(5)36(42)39-37(40)43)49-34(33)24-48-38(28-12-10-9-11-13-28,29-14-18-31(45-6)19-15-29)30-16-20-32(46-7)21-17-30/h9-21,23,25-26,33-35H,22,24H2,1-8H3,(H,39,42,43). The average Bonchev–Trinajstić information content (AvgIpc) is 3.52. The largest absolute Gasteiger partial charge is 0.497 e. The van der Waals surface area contributed by atoms with E-state index in [1.807, 2.05) is 107 Å². The topological polar surface area (TPSA) is 131 Å². The van der Waals surface area contributed by atoms with Crippen molar-refractivity contribution in [2.45, 2.75) is 77.2 Å². The second-order valence-corrected chi connectivity index (χ2v) is 15.0. The van der Waals surface area contributed by atoms with Crippen molar-refractivity contribution in [3.63, 3.8) is 0 Å². The van der Waals surface area contributed by atoms with Gasteiger partial charge in [0.2, 0.25) is 0 Å². The monoisotopic (exact) mass is 721 g/mol. The second kappa shape index (κ2) is 16.1. The maximum atomic E-state index is 14.5. The van der Waals surface area contributed by atoms with Gasteiger partial charge in [0.05, 0.1) is 20.8 Å². The summed E-state index contributed by atoms with van der Waals surface area (Å²) in [6, 6.07) is 24.8. The number of benzene rings is 3. The minimum atomic E-state index is -3.89. The highest BCUT2D eigenvalue weighted by Crippen LogP contribution is 2.56. The van der Waals surface area contributed by atoms with Gasteiger partial charge < -0.3 is 18.9 Å². The average molecular weight is 722 g/mol. The molecule has 2 heterocycles. The van der Waals surface area contributed by atoms with E-state index in [-0.39, 0.29) is 25.1 Å². The lowest BCUT2D eigenvalue weighted by atomic mass is 9.80. The number of nitrogens with one attached hydrogen (secondary N) is 1. The molecule has 1 fully saturated rings. The third-order valence-electron chi connectivity index (χ3n) is 9.11. The van der Waals surface area contributed by atoms with Gasteiger partial charge in [-0.05, 0) is 75.6 Å². The first kappa shape index (κ1) is 38.2. The predicted octanol–water partition coefficient (Wildman–Crippen LogP) is 6.42. The molecule has 1 saturated heterocycles. The van der Waals surface area contributed by atoms with Crippen molar-refractivity contribution >= 4 is 7.75 Å². The molecule has 4 atom stereocenters. The lowest BCUT2D eigenvalue weighted by Gasteiger charge is -2.38. The van der Waals surface area contributed by atoms with Crippen LogP contribution in [0.4, 0.5) is 0 Å². The van der Waals surface area contributed by atoms with E-state index in [9.17, 15) is 14.2 Å². The fourth-order valence-corrected chi connectivity index (χ4v) is 8.82. The smallest absolute Gasteiger partial charge is 0.408 e. The van der Waals surface area contributed by atoms with Crippen LogP contribution < -0.4 is 20.7 Å². The molecule has 1 N–H and O–H groups in total. The first-order valence-corrected chi connectivity index (χ1v) is 18.5. The van der Waals surface area contributed by atoms with E-state index in [2.05, 4.69) is 4.98 Å². The number of aromatic amines is 1. The number of hydrogen-bond donors (Lipinski definition) is 1. The van der Waals surface area contributed by atoms with E-state index in [4.69, 9.17) is 28.0 Å². The molecule has 1 aliphatic rings. The predicted molar refractivity (Wildman–Crippen MR) is 194 cm³/mol. The molecule has 0 amide bonds. The molecule has 1 aliphatic heterocycles. The Morgan fingerprint density at radius 2 is 1.39 bits per heavy atom. The Morgan fingerprint density at radius 1 is 0.863 bits per heavy atom. The molecule has 0 bridgehead atoms. The zero-order chi connectivity index (χ0) is 36.9. The van der Waals surface area contributed by atoms with Crippen molar-refractivity contribution in [1.29, 1.82) is 0 Å². The molecule has 4 unspecified atom stereocenters. The van der Waals surface area contributed by atoms with Crippen molar-refractivity contribution in [3.8, 4) is 11.5 Å². The number of rotatable bonds is 15. The minimum Gasteiger partial charge on any atom is -0.497 e. The van der Waals surface area contributed by atoms with E-state index in [0.29, 0.717) is 17.1 Å². The highest BCUT2D eigenvalue weighted by molar-refractivity contribution is 7.51. The molecule has 12 nitrogen and oxygen atoms in total. The molecule has 3 aromatic carbocycles. The van der Waals surface area contributed by atoms with Crippen LogP contribution in [0.1, 0.15) is 62.6 Å². The summed E-state index contributed by atoms with van der Waals surface area (Å²) in [6.07, 6.45) is -0.963. The highest BCUT2D eigenvalue weighted by Gasteiger charge is 2.47. The van der Waals surface area contributed by atoms with E-state index in [1.54, 1.807) is 25.8 Å². The van der Waals surface area contributed by atoms with E-state index in [1.165, 1.54) is 17.9 Å². The Balaban J connectivity index is 1.62. The summed E-state index contributed by atoms with van der Waals surface area (Å²) in [4.78, 5) is 27.6. The van der Waals surface area contributed by atoms with Crippen LogP contribution in [0.3, 0.4) is 0 Å². The van der Waals surface area contributed by atoms with Crippen molar-refractivity contribution in [1.82, 2.24) is 14.2 Å². The summed E-state index contributed by atoms with van der Waals surface area (Å²) in [7, 11) is 0.698. The van der Waals surface area contributed by atoms with Gasteiger partial charge in [-0.25, -0.2) is 14.0 Å². The minimum absolute atomic E-state index is 0.0573. The van der Waals surface area contributed by atoms with Crippen molar-refractivity contribution in [2.24, 2.45) is 0 Å². The van der Waals surface area contributed by atoms with Crippen LogP contribution >= 0.6 is 7.75 Å². The molecule has 5 rings (SSSR count). The molecule has 51 heavy (non-hydrogen) atoms. The molecule has 0 radical (unpaired) electrons. The SMILES string of the molecule is COc1ccc(C(OCC2OC(n3cc(C)c(=O)[nH]c3=O)CC2OP(=O)(OC)N(C(C)C)C(C)C)(c2ccccc2)c2ccc(OC)cc2)cc1. The first-order valence-electron chi connectivity index (χ1n) is 17.0. The summed E-state index contributed by atoms with van der Waals surface area (Å²) in [5, 5.41) is 0. The fourth-order valence-electron chi connectivity index (χ4n) is 6.74. The fraction of sp³-hybridized carbons (Fsp3) is 0.421. The van der Waals surface area contributed by atoms with Crippen LogP contribution in [0.5, 0.6) is 11.5 Å². The maximum Gasteiger partial charge on any atom is 0.408 e. The van der Waals surface area contributed by atoms with Gasteiger partial charge in [-0.15, -0.1) is 0 Å². The maximum absolute atomic E-state index is 14.5. The lowest BCUT2D eigenvalue weighted by Crippen LogP contribution is -2.40. The number of aryl methyl sites for hydroxylation is 1. The summed E-state index contributed by atoms with van der Waals surface area (Å²) >= 11 is 0. The van der Waals surface area contributed by atoms with Gasteiger partial charge in [-0.3, -0.25) is 23.4 Å². The van der Waals surface area contributed by atoms with Gasteiger partial charge in [-0.1, -0.05) is 54.6 Å². The van der Waals surface area contributed by atoms with E-state index < -0.39 is 43.0 Å². The zero-order valence-electron chi connectivity index (χ0n) is 30.4. The van der Waals surface area contributed by atoms with Gasteiger partial charge in [0.15, 0.2) is 0 Å². The molecular weight excluding hydrogens is 673 g/mol. The van der Waals surface area contributed by atoms with E-state index in [0.717, 1.165) is 16.7 Å². The Kier molecular flexibility index (Phi) is 12.1. The Labute approximate surface area is 298 Å². The molecule has 0 aliphatic carbocycles. The number of H-pyrrole nitrogens is 1. The van der Waals surface area contributed by atoms with Crippen molar-refractivity contribution in [2.75, 3.05) is 27.9 Å². The van der Waals surface area contributed by atoms with Crippen molar-refractivity contribution in [3.05, 3.63) is 128 Å².